The molecule has 1 aromatic heterocycles. The summed E-state index contributed by atoms with van der Waals surface area (Å²) in [6, 6.07) is 12.1. The number of rotatable bonds is 9. The monoisotopic (exact) mass is 548 g/mol. The molecule has 216 valence electrons. The first-order chi connectivity index (χ1) is 19.5. The first-order valence-electron chi connectivity index (χ1n) is 14.8. The van der Waals surface area contributed by atoms with Crippen LogP contribution in [0.1, 0.15) is 53.6 Å². The van der Waals surface area contributed by atoms with Crippen molar-refractivity contribution in [3.8, 4) is 0 Å². The lowest BCUT2D eigenvalue weighted by Gasteiger charge is -2.33. The number of carbonyl (C=O) groups is 2. The first kappa shape index (κ1) is 28.7. The van der Waals surface area contributed by atoms with Gasteiger partial charge in [0.25, 0.3) is 5.91 Å². The number of pyridine rings is 1. The molecule has 3 fully saturated rings. The molecule has 0 bridgehead atoms. The van der Waals surface area contributed by atoms with Crippen LogP contribution in [0.5, 0.6) is 0 Å². The summed E-state index contributed by atoms with van der Waals surface area (Å²) in [5, 5.41) is 3.27. The standard InChI is InChI=1S/C31H44N6O3/c1-23-4-6-24(7-5-23)21-36(14-13-35-15-17-40-18-16-35)28-19-29(30(38)34-27-10-8-26(32)9-11-27)37(22-28)31(39)25-3-2-12-33-20-25/h2-7,12,20,26-29H,8-11,13-19,21-22,32H2,1H3,(H,34,38). The number of nitrogens with zero attached hydrogens (tertiary/aromatic N) is 4. The van der Waals surface area contributed by atoms with E-state index in [1.807, 2.05) is 0 Å². The zero-order chi connectivity index (χ0) is 27.9. The third-order valence-electron chi connectivity index (χ3n) is 8.70. The number of ether oxygens (including phenoxy) is 1. The van der Waals surface area contributed by atoms with Crippen molar-refractivity contribution in [3.63, 3.8) is 0 Å². The van der Waals surface area contributed by atoms with Crippen LogP contribution in [-0.4, -0.2) is 102 Å². The van der Waals surface area contributed by atoms with E-state index in [2.05, 4.69) is 51.3 Å². The normalized spacial score (nSPS) is 25.7. The summed E-state index contributed by atoms with van der Waals surface area (Å²) in [7, 11) is 0. The van der Waals surface area contributed by atoms with E-state index in [0.29, 0.717) is 18.5 Å². The number of nitrogens with two attached hydrogens (primary N) is 1. The van der Waals surface area contributed by atoms with Gasteiger partial charge in [-0.2, -0.15) is 0 Å². The Morgan fingerprint density at radius 2 is 1.85 bits per heavy atom. The number of morpholine rings is 1. The minimum Gasteiger partial charge on any atom is -0.379 e. The Morgan fingerprint density at radius 1 is 1.10 bits per heavy atom. The summed E-state index contributed by atoms with van der Waals surface area (Å²) in [6.07, 6.45) is 7.48. The van der Waals surface area contributed by atoms with Crippen LogP contribution < -0.4 is 11.1 Å². The molecule has 1 aromatic carbocycles. The molecule has 0 spiro atoms. The Labute approximate surface area is 238 Å². The lowest BCUT2D eigenvalue weighted by atomic mass is 9.91. The molecule has 1 saturated carbocycles. The van der Waals surface area contributed by atoms with Crippen LogP contribution in [0.25, 0.3) is 0 Å². The molecule has 2 unspecified atom stereocenters. The van der Waals surface area contributed by atoms with E-state index in [1.54, 1.807) is 29.4 Å². The van der Waals surface area contributed by atoms with Gasteiger partial charge in [-0.1, -0.05) is 29.8 Å². The van der Waals surface area contributed by atoms with Crippen LogP contribution in [0, 0.1) is 6.92 Å². The summed E-state index contributed by atoms with van der Waals surface area (Å²) in [5.74, 6) is -0.187. The van der Waals surface area contributed by atoms with Gasteiger partial charge in [-0.25, -0.2) is 0 Å². The second kappa shape index (κ2) is 13.7. The summed E-state index contributed by atoms with van der Waals surface area (Å²) in [5.41, 5.74) is 9.09. The Morgan fingerprint density at radius 3 is 2.55 bits per heavy atom. The molecule has 0 radical (unpaired) electrons. The fraction of sp³-hybridized carbons (Fsp3) is 0.581. The fourth-order valence-corrected chi connectivity index (χ4v) is 6.18. The molecule has 3 N–H and O–H groups in total. The van der Waals surface area contributed by atoms with Crippen molar-refractivity contribution in [3.05, 3.63) is 65.5 Å². The number of aryl methyl sites for hydroxylation is 1. The Kier molecular flexibility index (Phi) is 9.80. The second-order valence-corrected chi connectivity index (χ2v) is 11.6. The molecule has 3 aliphatic rings. The van der Waals surface area contributed by atoms with Gasteiger partial charge in [0.1, 0.15) is 6.04 Å². The molecule has 9 nitrogen and oxygen atoms in total. The summed E-state index contributed by atoms with van der Waals surface area (Å²) in [4.78, 5) is 38.3. The lowest BCUT2D eigenvalue weighted by Crippen LogP contribution is -2.50. The summed E-state index contributed by atoms with van der Waals surface area (Å²) < 4.78 is 5.55. The maximum absolute atomic E-state index is 13.7. The van der Waals surface area contributed by atoms with Crippen molar-refractivity contribution in [2.24, 2.45) is 5.73 Å². The Balaban J connectivity index is 1.35. The van der Waals surface area contributed by atoms with Gasteiger partial charge in [0.15, 0.2) is 0 Å². The highest BCUT2D eigenvalue weighted by Gasteiger charge is 2.42. The van der Waals surface area contributed by atoms with Crippen molar-refractivity contribution < 1.29 is 14.3 Å². The zero-order valence-corrected chi connectivity index (χ0v) is 23.7. The summed E-state index contributed by atoms with van der Waals surface area (Å²) in [6.45, 7) is 8.59. The van der Waals surface area contributed by atoms with Crippen molar-refractivity contribution >= 4 is 11.8 Å². The van der Waals surface area contributed by atoms with E-state index in [0.717, 1.165) is 71.6 Å². The minimum atomic E-state index is -0.516. The second-order valence-electron chi connectivity index (χ2n) is 11.6. The van der Waals surface area contributed by atoms with E-state index in [-0.39, 0.29) is 29.9 Å². The Bertz CT molecular complexity index is 1100. The Hall–Kier alpha value is -2.85. The van der Waals surface area contributed by atoms with Crippen molar-refractivity contribution in [1.82, 2.24) is 25.0 Å². The maximum atomic E-state index is 13.7. The number of benzene rings is 1. The average Bonchev–Trinajstić information content (AvgIpc) is 3.44. The molecular weight excluding hydrogens is 504 g/mol. The van der Waals surface area contributed by atoms with Crippen LogP contribution in [0.3, 0.4) is 0 Å². The number of hydrogen-bond donors (Lipinski definition) is 2. The number of nitrogens with one attached hydrogen (secondary N) is 1. The van der Waals surface area contributed by atoms with E-state index in [4.69, 9.17) is 10.5 Å². The molecule has 2 saturated heterocycles. The van der Waals surface area contributed by atoms with Crippen LogP contribution >= 0.6 is 0 Å². The molecule has 9 heteroatoms. The molecule has 2 atom stereocenters. The van der Waals surface area contributed by atoms with E-state index in [1.165, 1.54) is 11.1 Å². The maximum Gasteiger partial charge on any atom is 0.256 e. The smallest absolute Gasteiger partial charge is 0.256 e. The molecule has 5 rings (SSSR count). The van der Waals surface area contributed by atoms with E-state index in [9.17, 15) is 9.59 Å². The predicted molar refractivity (Wildman–Crippen MR) is 155 cm³/mol. The zero-order valence-electron chi connectivity index (χ0n) is 23.7. The molecule has 2 amide bonds. The topological polar surface area (TPSA) is 104 Å². The van der Waals surface area contributed by atoms with Gasteiger partial charge in [0.2, 0.25) is 5.91 Å². The number of hydrogen-bond acceptors (Lipinski definition) is 7. The largest absolute Gasteiger partial charge is 0.379 e. The lowest BCUT2D eigenvalue weighted by molar-refractivity contribution is -0.125. The van der Waals surface area contributed by atoms with Crippen LogP contribution in [0.2, 0.25) is 0 Å². The minimum absolute atomic E-state index is 0.0522. The third-order valence-corrected chi connectivity index (χ3v) is 8.70. The summed E-state index contributed by atoms with van der Waals surface area (Å²) >= 11 is 0. The number of likely N-dealkylation sites (tertiary alicyclic amines) is 1. The van der Waals surface area contributed by atoms with Crippen LogP contribution in [0.4, 0.5) is 0 Å². The van der Waals surface area contributed by atoms with E-state index < -0.39 is 6.04 Å². The quantitative estimate of drug-likeness (QED) is 0.495. The molecule has 2 aromatic rings. The highest BCUT2D eigenvalue weighted by Crippen LogP contribution is 2.27. The third kappa shape index (κ3) is 7.46. The van der Waals surface area contributed by atoms with Gasteiger partial charge in [-0.3, -0.25) is 24.4 Å². The highest BCUT2D eigenvalue weighted by molar-refractivity contribution is 5.97. The fourth-order valence-electron chi connectivity index (χ4n) is 6.18. The molecular formula is C31H44N6O3. The molecule has 3 heterocycles. The van der Waals surface area contributed by atoms with Crippen LogP contribution in [-0.2, 0) is 16.1 Å². The van der Waals surface area contributed by atoms with Gasteiger partial charge in [-0.15, -0.1) is 0 Å². The van der Waals surface area contributed by atoms with Gasteiger partial charge in [-0.05, 0) is 56.7 Å². The van der Waals surface area contributed by atoms with Gasteiger partial charge in [0.05, 0.1) is 18.8 Å². The van der Waals surface area contributed by atoms with Crippen molar-refractivity contribution in [2.75, 3.05) is 45.9 Å². The SMILES string of the molecule is Cc1ccc(CN(CCN2CCOCC2)C2CC(C(=O)NC3CCC(N)CC3)N(C(=O)c3cccnc3)C2)cc1. The van der Waals surface area contributed by atoms with Gasteiger partial charge >= 0.3 is 0 Å². The number of carbonyl (C=O) groups excluding carboxylic acids is 2. The van der Waals surface area contributed by atoms with Gasteiger partial charge < -0.3 is 20.7 Å². The van der Waals surface area contributed by atoms with Crippen molar-refractivity contribution in [1.29, 1.82) is 0 Å². The molecule has 1 aliphatic carbocycles. The number of amides is 2. The van der Waals surface area contributed by atoms with Crippen LogP contribution in [0.15, 0.2) is 48.8 Å². The molecule has 2 aliphatic heterocycles. The first-order valence-corrected chi connectivity index (χ1v) is 14.8. The highest BCUT2D eigenvalue weighted by atomic mass is 16.5. The number of aromatic nitrogens is 1. The molecule has 40 heavy (non-hydrogen) atoms. The predicted octanol–water partition coefficient (Wildman–Crippen LogP) is 2.19. The average molecular weight is 549 g/mol. The van der Waals surface area contributed by atoms with Crippen molar-refractivity contribution in [2.45, 2.75) is 69.7 Å². The van der Waals surface area contributed by atoms with E-state index >= 15 is 0 Å². The van der Waals surface area contributed by atoms with Gasteiger partial charge in [0, 0.05) is 69.8 Å².